The van der Waals surface area contributed by atoms with Crippen LogP contribution in [0.25, 0.3) is 0 Å². The highest BCUT2D eigenvalue weighted by Crippen LogP contribution is 2.19. The molecule has 0 bridgehead atoms. The van der Waals surface area contributed by atoms with E-state index in [0.717, 1.165) is 51.4 Å². The standard InChI is InChI=1S/C73H141NO8/c1-6-8-10-12-14-16-18-20-22-24-26-27-28-29-30-31-32-33-34-35-36-37-38-39-40-41-42-43-44-45-46-48-49-51-53-55-57-59-61-63-70(75)80-67-69(68-81-73(72(77)78)79-66-65-74(3,4)5)82-71(76)64-62-60-58-56-54-52-50-47-25-23-21-19-17-15-13-11-9-7-2/h23,25,69,73H,6-22,24,26-68H2,1-5H3/p+1/b25-23-. The van der Waals surface area contributed by atoms with Crippen molar-refractivity contribution in [3.63, 3.8) is 0 Å². The van der Waals surface area contributed by atoms with Crippen LogP contribution in [-0.4, -0.2) is 87.4 Å². The summed E-state index contributed by atoms with van der Waals surface area (Å²) in [5.74, 6) is -1.98. The number of carboxylic acid groups (broad SMARTS) is 1. The quantitative estimate of drug-likeness (QED) is 0.0211. The predicted molar refractivity (Wildman–Crippen MR) is 351 cm³/mol. The molecule has 2 atom stereocenters. The van der Waals surface area contributed by atoms with Gasteiger partial charge in [0.05, 0.1) is 34.4 Å². The number of esters is 2. The lowest BCUT2D eigenvalue weighted by Crippen LogP contribution is -2.40. The van der Waals surface area contributed by atoms with Crippen molar-refractivity contribution in [2.75, 3.05) is 47.5 Å². The lowest BCUT2D eigenvalue weighted by Gasteiger charge is -2.25. The number of carboxylic acids is 1. The molecule has 0 radical (unpaired) electrons. The van der Waals surface area contributed by atoms with Gasteiger partial charge >= 0.3 is 17.9 Å². The second-order valence-electron chi connectivity index (χ2n) is 26.3. The van der Waals surface area contributed by atoms with Crippen LogP contribution < -0.4 is 0 Å². The molecule has 0 saturated carbocycles. The van der Waals surface area contributed by atoms with Gasteiger partial charge in [-0.1, -0.05) is 341 Å². The van der Waals surface area contributed by atoms with E-state index in [1.54, 1.807) is 0 Å². The van der Waals surface area contributed by atoms with E-state index in [1.165, 1.54) is 302 Å². The first-order chi connectivity index (χ1) is 40.1. The zero-order valence-corrected chi connectivity index (χ0v) is 55.7. The minimum absolute atomic E-state index is 0.177. The highest BCUT2D eigenvalue weighted by Gasteiger charge is 2.25. The number of nitrogens with zero attached hydrogens (tertiary/aromatic N) is 1. The monoisotopic (exact) mass is 1160 g/mol. The fraction of sp³-hybridized carbons (Fsp3) is 0.932. The topological polar surface area (TPSA) is 108 Å². The molecule has 0 aromatic rings. The predicted octanol–water partition coefficient (Wildman–Crippen LogP) is 22.4. The minimum Gasteiger partial charge on any atom is -0.477 e. The average Bonchev–Trinajstić information content (AvgIpc) is 3.45. The molecule has 2 unspecified atom stereocenters. The third-order valence-electron chi connectivity index (χ3n) is 16.8. The Balaban J connectivity index is 3.90. The van der Waals surface area contributed by atoms with E-state index < -0.39 is 24.3 Å². The molecule has 0 spiro atoms. The lowest BCUT2D eigenvalue weighted by molar-refractivity contribution is -0.870. The fourth-order valence-corrected chi connectivity index (χ4v) is 11.2. The van der Waals surface area contributed by atoms with Gasteiger partial charge in [0.1, 0.15) is 13.2 Å². The molecule has 9 nitrogen and oxygen atoms in total. The van der Waals surface area contributed by atoms with Gasteiger partial charge in [0.25, 0.3) is 6.29 Å². The van der Waals surface area contributed by atoms with Crippen LogP contribution in [0.3, 0.4) is 0 Å². The number of ether oxygens (including phenoxy) is 4. The maximum absolute atomic E-state index is 12.9. The number of carbonyl (C=O) groups is 3. The van der Waals surface area contributed by atoms with Gasteiger partial charge in [-0.15, -0.1) is 0 Å². The highest BCUT2D eigenvalue weighted by molar-refractivity contribution is 5.71. The molecule has 1 N–H and O–H groups in total. The van der Waals surface area contributed by atoms with Gasteiger partial charge in [0.2, 0.25) is 0 Å². The average molecular weight is 1160 g/mol. The van der Waals surface area contributed by atoms with Crippen molar-refractivity contribution in [1.82, 2.24) is 0 Å². The van der Waals surface area contributed by atoms with Gasteiger partial charge in [-0.25, -0.2) is 4.79 Å². The SMILES string of the molecule is CCCCCCCCC/C=C\CCCCCCCCCC(=O)OC(COC(=O)CCCCCCCCCCCCCCCCCCCCCCCCCCCCCCCCCCCCCCCCC)COC(OCC[N+](C)(C)C)C(=O)O. The van der Waals surface area contributed by atoms with Gasteiger partial charge in [-0.2, -0.15) is 0 Å². The Hall–Kier alpha value is -1.97. The Bertz CT molecular complexity index is 1350. The summed E-state index contributed by atoms with van der Waals surface area (Å²) in [5.41, 5.74) is 0. The second-order valence-corrected chi connectivity index (χ2v) is 26.3. The van der Waals surface area contributed by atoms with Crippen LogP contribution in [0.1, 0.15) is 380 Å². The zero-order chi connectivity index (χ0) is 59.8. The molecule has 82 heavy (non-hydrogen) atoms. The van der Waals surface area contributed by atoms with Crippen LogP contribution in [0.15, 0.2) is 12.2 Å². The van der Waals surface area contributed by atoms with E-state index >= 15 is 0 Å². The molecule has 0 rings (SSSR count). The van der Waals surface area contributed by atoms with Crippen LogP contribution in [0.4, 0.5) is 0 Å². The third-order valence-corrected chi connectivity index (χ3v) is 16.8. The number of allylic oxidation sites excluding steroid dienone is 2. The number of hydrogen-bond donors (Lipinski definition) is 1. The molecular formula is C73H142NO8+. The summed E-state index contributed by atoms with van der Waals surface area (Å²) in [7, 11) is 5.99. The molecule has 9 heteroatoms. The Labute approximate surface area is 510 Å². The van der Waals surface area contributed by atoms with Gasteiger partial charge in [0, 0.05) is 12.8 Å². The van der Waals surface area contributed by atoms with Gasteiger partial charge in [-0.3, -0.25) is 9.59 Å². The van der Waals surface area contributed by atoms with Crippen molar-refractivity contribution in [3.8, 4) is 0 Å². The number of aliphatic carboxylic acids is 1. The summed E-state index contributed by atoms with van der Waals surface area (Å²) >= 11 is 0. The summed E-state index contributed by atoms with van der Waals surface area (Å²) in [6, 6.07) is 0. The number of rotatable bonds is 69. The molecule has 0 fully saturated rings. The molecule has 0 amide bonds. The number of unbranched alkanes of at least 4 members (excludes halogenated alkanes) is 52. The smallest absolute Gasteiger partial charge is 0.361 e. The van der Waals surface area contributed by atoms with E-state index in [4.69, 9.17) is 18.9 Å². The van der Waals surface area contributed by atoms with Crippen molar-refractivity contribution in [2.24, 2.45) is 0 Å². The van der Waals surface area contributed by atoms with Gasteiger partial charge in [-0.05, 0) is 38.5 Å². The normalized spacial score (nSPS) is 12.6. The van der Waals surface area contributed by atoms with E-state index in [-0.39, 0.29) is 32.2 Å². The third kappa shape index (κ3) is 65.6. The summed E-state index contributed by atoms with van der Waals surface area (Å²) < 4.78 is 23.0. The van der Waals surface area contributed by atoms with E-state index in [2.05, 4.69) is 26.0 Å². The van der Waals surface area contributed by atoms with Crippen LogP contribution in [0, 0.1) is 0 Å². The van der Waals surface area contributed by atoms with Crippen LogP contribution in [0.2, 0.25) is 0 Å². The summed E-state index contributed by atoms with van der Waals surface area (Å²) in [6.07, 6.45) is 76.5. The van der Waals surface area contributed by atoms with Crippen molar-refractivity contribution in [1.29, 1.82) is 0 Å². The summed E-state index contributed by atoms with van der Waals surface area (Å²) in [6.45, 7) is 4.94. The van der Waals surface area contributed by atoms with Crippen LogP contribution >= 0.6 is 0 Å². The molecular weight excluding hydrogens is 1020 g/mol. The Morgan fingerprint density at radius 3 is 0.902 bits per heavy atom. The second kappa shape index (κ2) is 65.0. The summed E-state index contributed by atoms with van der Waals surface area (Å²) in [5, 5.41) is 9.73. The number of hydrogen-bond acceptors (Lipinski definition) is 7. The summed E-state index contributed by atoms with van der Waals surface area (Å²) in [4.78, 5) is 37.5. The molecule has 0 aliphatic carbocycles. The molecule has 0 saturated heterocycles. The number of carbonyl (C=O) groups excluding carboxylic acids is 2. The molecule has 0 aliphatic heterocycles. The van der Waals surface area contributed by atoms with Gasteiger partial charge in [0.15, 0.2) is 6.10 Å². The highest BCUT2D eigenvalue weighted by atomic mass is 16.7. The van der Waals surface area contributed by atoms with E-state index in [1.807, 2.05) is 21.1 Å². The molecule has 0 aromatic heterocycles. The molecule has 0 heterocycles. The Morgan fingerprint density at radius 2 is 0.622 bits per heavy atom. The molecule has 0 aliphatic rings. The van der Waals surface area contributed by atoms with Crippen molar-refractivity contribution in [3.05, 3.63) is 12.2 Å². The Morgan fingerprint density at radius 1 is 0.354 bits per heavy atom. The van der Waals surface area contributed by atoms with Gasteiger partial charge < -0.3 is 28.5 Å². The maximum atomic E-state index is 12.9. The fourth-order valence-electron chi connectivity index (χ4n) is 11.2. The molecule has 486 valence electrons. The van der Waals surface area contributed by atoms with Crippen LogP contribution in [0.5, 0.6) is 0 Å². The number of quaternary nitrogens is 1. The first kappa shape index (κ1) is 80.0. The largest absolute Gasteiger partial charge is 0.477 e. The zero-order valence-electron chi connectivity index (χ0n) is 55.7. The maximum Gasteiger partial charge on any atom is 0.361 e. The van der Waals surface area contributed by atoms with Crippen molar-refractivity contribution >= 4 is 17.9 Å². The first-order valence-corrected chi connectivity index (χ1v) is 36.4. The number of likely N-dealkylation sites (N-methyl/N-ethyl adjacent to an activating group) is 1. The first-order valence-electron chi connectivity index (χ1n) is 36.4. The van der Waals surface area contributed by atoms with E-state index in [9.17, 15) is 19.5 Å². The van der Waals surface area contributed by atoms with Crippen LogP contribution in [-0.2, 0) is 33.3 Å². The van der Waals surface area contributed by atoms with E-state index in [0.29, 0.717) is 17.4 Å². The lowest BCUT2D eigenvalue weighted by atomic mass is 10.0. The molecule has 0 aromatic carbocycles. The van der Waals surface area contributed by atoms with Crippen molar-refractivity contribution in [2.45, 2.75) is 392 Å². The minimum atomic E-state index is -1.51. The Kier molecular flexibility index (Phi) is 63.5. The van der Waals surface area contributed by atoms with Crippen molar-refractivity contribution < 1.29 is 42.9 Å².